The molecule has 0 N–H and O–H groups in total. The average Bonchev–Trinajstić information content (AvgIpc) is 3.38. The number of nitrogens with zero attached hydrogens (tertiary/aromatic N) is 5. The maximum atomic E-state index is 13.3. The number of fused-ring (bicyclic) bond motifs is 2. The molecule has 8 heteroatoms. The molecule has 1 atom stereocenters. The molecule has 1 unspecified atom stereocenters. The minimum absolute atomic E-state index is 0.00564. The van der Waals surface area contributed by atoms with Crippen molar-refractivity contribution in [3.8, 4) is 0 Å². The zero-order valence-electron chi connectivity index (χ0n) is 21.3. The lowest BCUT2D eigenvalue weighted by Crippen LogP contribution is -2.47. The first-order valence-electron chi connectivity index (χ1n) is 13.0. The molecular formula is C30H29N5O3. The Morgan fingerprint density at radius 3 is 2.53 bits per heavy atom. The van der Waals surface area contributed by atoms with E-state index < -0.39 is 5.92 Å². The zero-order valence-corrected chi connectivity index (χ0v) is 21.3. The molecule has 1 aliphatic carbocycles. The van der Waals surface area contributed by atoms with Gasteiger partial charge in [-0.25, -0.2) is 0 Å². The highest BCUT2D eigenvalue weighted by Gasteiger charge is 2.29. The topological polar surface area (TPSA) is 85.6 Å². The van der Waals surface area contributed by atoms with Gasteiger partial charge < -0.3 is 14.7 Å². The predicted molar refractivity (Wildman–Crippen MR) is 145 cm³/mol. The van der Waals surface area contributed by atoms with Crippen LogP contribution >= 0.6 is 0 Å². The highest BCUT2D eigenvalue weighted by atomic mass is 16.2. The molecule has 1 saturated heterocycles. The van der Waals surface area contributed by atoms with Crippen molar-refractivity contribution in [3.63, 3.8) is 0 Å². The zero-order chi connectivity index (χ0) is 26.2. The van der Waals surface area contributed by atoms with Crippen molar-refractivity contribution in [1.82, 2.24) is 9.80 Å². The molecule has 2 aromatic carbocycles. The number of likely N-dealkylation sites (N-methyl/N-ethyl adjacent to an activating group) is 1. The third kappa shape index (κ3) is 4.52. The Bertz CT molecular complexity index is 1430. The standard InChI is InChI=1S/C30H29N5O3/c1-33-14-16-34(17-15-33)30(38)23-11-10-21-12-13-35(26(21)19-23)27(36)18-20-6-8-22(9-7-20)28-24-4-2-3-5-25(24)29(37)32-31-28/h2-11,19,25H,12-18H2,1H3. The summed E-state index contributed by atoms with van der Waals surface area (Å²) in [7, 11) is 2.07. The van der Waals surface area contributed by atoms with Crippen LogP contribution in [-0.4, -0.2) is 67.3 Å². The molecule has 3 heterocycles. The third-order valence-electron chi connectivity index (χ3n) is 7.72. The number of carbonyl (C=O) groups is 3. The van der Waals surface area contributed by atoms with E-state index in [0.717, 1.165) is 60.6 Å². The summed E-state index contributed by atoms with van der Waals surface area (Å²) >= 11 is 0. The maximum Gasteiger partial charge on any atom is 0.276 e. The van der Waals surface area contributed by atoms with E-state index in [0.29, 0.717) is 17.8 Å². The van der Waals surface area contributed by atoms with Gasteiger partial charge in [-0.05, 0) is 42.3 Å². The van der Waals surface area contributed by atoms with Gasteiger partial charge in [-0.15, -0.1) is 10.2 Å². The average molecular weight is 508 g/mol. The van der Waals surface area contributed by atoms with Gasteiger partial charge in [0.2, 0.25) is 5.91 Å². The SMILES string of the molecule is CN1CCN(C(=O)c2ccc3c(c2)N(C(=O)Cc2ccc(C4=C5C=CC=CC5C(=O)N=N4)cc2)CC3)CC1. The number of azo groups is 1. The molecule has 192 valence electrons. The molecule has 3 amide bonds. The van der Waals surface area contributed by atoms with Crippen LogP contribution < -0.4 is 4.90 Å². The normalized spacial score (nSPS) is 20.7. The van der Waals surface area contributed by atoms with E-state index in [1.807, 2.05) is 71.7 Å². The Hall–Kier alpha value is -4.17. The van der Waals surface area contributed by atoms with Crippen molar-refractivity contribution < 1.29 is 14.4 Å². The fourth-order valence-electron chi connectivity index (χ4n) is 5.44. The smallest absolute Gasteiger partial charge is 0.276 e. The largest absolute Gasteiger partial charge is 0.336 e. The first kappa shape index (κ1) is 24.2. The fraction of sp³-hybridized carbons (Fsp3) is 0.300. The second-order valence-electron chi connectivity index (χ2n) is 10.2. The molecule has 6 rings (SSSR count). The van der Waals surface area contributed by atoms with Crippen LogP contribution in [0.4, 0.5) is 5.69 Å². The summed E-state index contributed by atoms with van der Waals surface area (Å²) in [5, 5.41) is 7.99. The number of amides is 3. The summed E-state index contributed by atoms with van der Waals surface area (Å²) < 4.78 is 0. The highest BCUT2D eigenvalue weighted by Crippen LogP contribution is 2.34. The van der Waals surface area contributed by atoms with Crippen LogP contribution in [0.2, 0.25) is 0 Å². The third-order valence-corrected chi connectivity index (χ3v) is 7.72. The molecule has 2 aromatic rings. The van der Waals surface area contributed by atoms with Crippen LogP contribution in [0.15, 0.2) is 82.6 Å². The second-order valence-corrected chi connectivity index (χ2v) is 10.2. The first-order valence-corrected chi connectivity index (χ1v) is 13.0. The lowest BCUT2D eigenvalue weighted by Gasteiger charge is -2.32. The van der Waals surface area contributed by atoms with E-state index >= 15 is 0 Å². The monoisotopic (exact) mass is 507 g/mol. The minimum atomic E-state index is -0.392. The van der Waals surface area contributed by atoms with E-state index in [-0.39, 0.29) is 24.1 Å². The molecule has 0 aromatic heterocycles. The molecule has 0 saturated carbocycles. The van der Waals surface area contributed by atoms with Crippen molar-refractivity contribution in [3.05, 3.63) is 94.6 Å². The van der Waals surface area contributed by atoms with Crippen LogP contribution in [0, 0.1) is 5.92 Å². The molecule has 0 spiro atoms. The van der Waals surface area contributed by atoms with Crippen molar-refractivity contribution in [2.45, 2.75) is 12.8 Å². The number of hydrogen-bond acceptors (Lipinski definition) is 5. The van der Waals surface area contributed by atoms with E-state index in [9.17, 15) is 14.4 Å². The van der Waals surface area contributed by atoms with Crippen LogP contribution in [0.3, 0.4) is 0 Å². The van der Waals surface area contributed by atoms with Gasteiger partial charge in [0.15, 0.2) is 0 Å². The van der Waals surface area contributed by atoms with Gasteiger partial charge in [0.1, 0.15) is 0 Å². The Kier molecular flexibility index (Phi) is 6.33. The summed E-state index contributed by atoms with van der Waals surface area (Å²) in [4.78, 5) is 44.5. The summed E-state index contributed by atoms with van der Waals surface area (Å²) in [6, 6.07) is 13.5. The molecule has 0 radical (unpaired) electrons. The number of carbonyl (C=O) groups excluding carboxylic acids is 3. The highest BCUT2D eigenvalue weighted by molar-refractivity contribution is 6.00. The number of hydrogen-bond donors (Lipinski definition) is 0. The Morgan fingerprint density at radius 2 is 1.74 bits per heavy atom. The van der Waals surface area contributed by atoms with Crippen molar-refractivity contribution in [1.29, 1.82) is 0 Å². The predicted octanol–water partition coefficient (Wildman–Crippen LogP) is 3.65. The molecule has 1 fully saturated rings. The van der Waals surface area contributed by atoms with Crippen LogP contribution in [0.25, 0.3) is 5.70 Å². The summed E-state index contributed by atoms with van der Waals surface area (Å²) in [5.41, 5.74) is 5.84. The lowest BCUT2D eigenvalue weighted by atomic mass is 9.89. The maximum absolute atomic E-state index is 13.3. The molecule has 38 heavy (non-hydrogen) atoms. The second kappa shape index (κ2) is 9.95. The van der Waals surface area contributed by atoms with Gasteiger partial charge in [0.05, 0.1) is 18.0 Å². The Balaban J connectivity index is 1.17. The quantitative estimate of drug-likeness (QED) is 0.632. The summed E-state index contributed by atoms with van der Waals surface area (Å²) in [5.74, 6) is -0.618. The number of rotatable bonds is 4. The molecular weight excluding hydrogens is 478 g/mol. The van der Waals surface area contributed by atoms with E-state index in [4.69, 9.17) is 0 Å². The molecule has 8 nitrogen and oxygen atoms in total. The van der Waals surface area contributed by atoms with Gasteiger partial charge in [0, 0.05) is 49.5 Å². The Morgan fingerprint density at radius 1 is 0.947 bits per heavy atom. The van der Waals surface area contributed by atoms with Crippen LogP contribution in [0.5, 0.6) is 0 Å². The number of piperazine rings is 1. The van der Waals surface area contributed by atoms with Gasteiger partial charge in [-0.3, -0.25) is 14.4 Å². The van der Waals surface area contributed by atoms with Gasteiger partial charge in [-0.2, -0.15) is 0 Å². The Labute approximate surface area is 221 Å². The van der Waals surface area contributed by atoms with Crippen molar-refractivity contribution in [2.75, 3.05) is 44.7 Å². The molecule has 3 aliphatic heterocycles. The summed E-state index contributed by atoms with van der Waals surface area (Å²) in [6.07, 6.45) is 8.52. The van der Waals surface area contributed by atoms with E-state index in [1.165, 1.54) is 0 Å². The first-order chi connectivity index (χ1) is 18.5. The number of allylic oxidation sites excluding steroid dienone is 3. The van der Waals surface area contributed by atoms with Crippen LogP contribution in [0.1, 0.15) is 27.0 Å². The van der Waals surface area contributed by atoms with Gasteiger partial charge in [-0.1, -0.05) is 54.6 Å². The molecule has 4 aliphatic rings. The van der Waals surface area contributed by atoms with Gasteiger partial charge >= 0.3 is 0 Å². The van der Waals surface area contributed by atoms with Gasteiger partial charge in [0.25, 0.3) is 11.8 Å². The minimum Gasteiger partial charge on any atom is -0.336 e. The molecule has 0 bridgehead atoms. The van der Waals surface area contributed by atoms with E-state index in [1.54, 1.807) is 4.90 Å². The van der Waals surface area contributed by atoms with Crippen molar-refractivity contribution >= 4 is 29.1 Å². The number of benzene rings is 2. The van der Waals surface area contributed by atoms with Crippen molar-refractivity contribution in [2.24, 2.45) is 16.1 Å². The lowest BCUT2D eigenvalue weighted by molar-refractivity contribution is -0.120. The number of anilines is 1. The summed E-state index contributed by atoms with van der Waals surface area (Å²) in [6.45, 7) is 3.79. The fourth-order valence-corrected chi connectivity index (χ4v) is 5.44. The van der Waals surface area contributed by atoms with Crippen LogP contribution in [-0.2, 0) is 22.4 Å². The van der Waals surface area contributed by atoms with E-state index in [2.05, 4.69) is 22.2 Å².